The molecule has 0 aliphatic heterocycles. The maximum Gasteiger partial charge on any atom is 0.280 e. The molecule has 0 saturated heterocycles. The van der Waals surface area contributed by atoms with Gasteiger partial charge >= 0.3 is 0 Å². The average Bonchev–Trinajstić information content (AvgIpc) is 3.35. The summed E-state index contributed by atoms with van der Waals surface area (Å²) in [5, 5.41) is 5.51. The largest absolute Gasteiger partial charge is 0.469 e. The molecule has 0 spiro atoms. The summed E-state index contributed by atoms with van der Waals surface area (Å²) < 4.78 is 6.56. The number of furan rings is 1. The van der Waals surface area contributed by atoms with E-state index in [1.165, 1.54) is 11.3 Å². The Hall–Kier alpha value is -2.44. The highest BCUT2D eigenvalue weighted by Gasteiger charge is 2.20. The predicted molar refractivity (Wildman–Crippen MR) is 96.8 cm³/mol. The third kappa shape index (κ3) is 2.98. The molecular formula is C18H14N2O2S2. The molecule has 6 heteroatoms. The van der Waals surface area contributed by atoms with Gasteiger partial charge in [-0.15, -0.1) is 22.7 Å². The minimum Gasteiger partial charge on any atom is -0.469 e. The fourth-order valence-corrected chi connectivity index (χ4v) is 4.28. The predicted octanol–water partition coefficient (Wildman–Crippen LogP) is 4.51. The van der Waals surface area contributed by atoms with E-state index in [0.29, 0.717) is 11.6 Å². The number of nitrogens with one attached hydrogen (secondary N) is 1. The summed E-state index contributed by atoms with van der Waals surface area (Å²) in [6, 6.07) is 15.6. The maximum absolute atomic E-state index is 12.5. The molecule has 1 amide bonds. The summed E-state index contributed by atoms with van der Waals surface area (Å²) in [6.07, 6.45) is 1.66. The van der Waals surface area contributed by atoms with Gasteiger partial charge in [0.25, 0.3) is 5.91 Å². The number of amides is 1. The number of rotatable bonds is 5. The summed E-state index contributed by atoms with van der Waals surface area (Å²) in [4.78, 5) is 18.0. The molecule has 1 aromatic carbocycles. The Morgan fingerprint density at radius 1 is 1.17 bits per heavy atom. The second kappa shape index (κ2) is 6.59. The molecule has 0 aliphatic rings. The summed E-state index contributed by atoms with van der Waals surface area (Å²) in [6.45, 7) is 0.475. The topological polar surface area (TPSA) is 55.1 Å². The van der Waals surface area contributed by atoms with Gasteiger partial charge in [-0.2, -0.15) is 0 Å². The lowest BCUT2D eigenvalue weighted by Gasteiger charge is -2.13. The van der Waals surface area contributed by atoms with Gasteiger partial charge in [-0.05, 0) is 35.7 Å². The number of carbonyl (C=O) groups excluding carboxylic acids is 1. The van der Waals surface area contributed by atoms with Crippen LogP contribution < -0.4 is 5.32 Å². The van der Waals surface area contributed by atoms with Crippen molar-refractivity contribution >= 4 is 38.8 Å². The van der Waals surface area contributed by atoms with Gasteiger partial charge in [-0.25, -0.2) is 4.98 Å². The monoisotopic (exact) mass is 354 g/mol. The second-order valence-corrected chi connectivity index (χ2v) is 7.29. The van der Waals surface area contributed by atoms with Crippen LogP contribution in [0.4, 0.5) is 0 Å². The highest BCUT2D eigenvalue weighted by Crippen LogP contribution is 2.28. The molecule has 4 aromatic rings. The zero-order chi connectivity index (χ0) is 16.4. The van der Waals surface area contributed by atoms with Crippen molar-refractivity contribution in [3.05, 3.63) is 75.8 Å². The van der Waals surface area contributed by atoms with Crippen LogP contribution in [0, 0.1) is 0 Å². The summed E-state index contributed by atoms with van der Waals surface area (Å²) in [7, 11) is 0. The highest BCUT2D eigenvalue weighted by molar-refractivity contribution is 7.20. The smallest absolute Gasteiger partial charge is 0.280 e. The summed E-state index contributed by atoms with van der Waals surface area (Å²) in [5.74, 6) is 0.713. The fourth-order valence-electron chi connectivity index (χ4n) is 2.56. The third-order valence-corrected chi connectivity index (χ3v) is 5.75. The van der Waals surface area contributed by atoms with Crippen LogP contribution in [0.25, 0.3) is 10.2 Å². The van der Waals surface area contributed by atoms with Gasteiger partial charge in [0.2, 0.25) is 0 Å². The molecule has 0 radical (unpaired) electrons. The van der Waals surface area contributed by atoms with Gasteiger partial charge in [-0.1, -0.05) is 18.2 Å². The van der Waals surface area contributed by atoms with Crippen LogP contribution in [0.2, 0.25) is 0 Å². The number of benzene rings is 1. The molecule has 24 heavy (non-hydrogen) atoms. The molecule has 4 nitrogen and oxygen atoms in total. The Labute approximate surface area is 146 Å². The van der Waals surface area contributed by atoms with Crippen LogP contribution in [0.3, 0.4) is 0 Å². The Morgan fingerprint density at radius 2 is 2.08 bits per heavy atom. The molecular weight excluding hydrogens is 340 g/mol. The number of para-hydroxylation sites is 1. The molecule has 0 fully saturated rings. The normalized spacial score (nSPS) is 12.3. The van der Waals surface area contributed by atoms with Crippen LogP contribution in [0.1, 0.15) is 26.4 Å². The van der Waals surface area contributed by atoms with Crippen LogP contribution in [-0.2, 0) is 0 Å². The molecule has 0 bridgehead atoms. The molecule has 120 valence electrons. The Morgan fingerprint density at radius 3 is 2.83 bits per heavy atom. The Kier molecular flexibility index (Phi) is 4.15. The average molecular weight is 354 g/mol. The first-order valence-corrected chi connectivity index (χ1v) is 9.21. The van der Waals surface area contributed by atoms with Gasteiger partial charge in [0, 0.05) is 11.4 Å². The molecule has 3 heterocycles. The number of thiazole rings is 1. The second-order valence-electron chi connectivity index (χ2n) is 5.28. The first-order chi connectivity index (χ1) is 11.8. The molecule has 1 atom stereocenters. The number of hydrogen-bond donors (Lipinski definition) is 1. The molecule has 1 unspecified atom stereocenters. The molecule has 3 aromatic heterocycles. The van der Waals surface area contributed by atoms with E-state index in [0.717, 1.165) is 20.9 Å². The zero-order valence-electron chi connectivity index (χ0n) is 12.6. The minimum absolute atomic E-state index is 0.0123. The van der Waals surface area contributed by atoms with Crippen LogP contribution in [-0.4, -0.2) is 17.4 Å². The van der Waals surface area contributed by atoms with Gasteiger partial charge in [0.05, 0.1) is 22.4 Å². The lowest BCUT2D eigenvalue weighted by molar-refractivity contribution is 0.0951. The van der Waals surface area contributed by atoms with Gasteiger partial charge in [-0.3, -0.25) is 4.79 Å². The van der Waals surface area contributed by atoms with Crippen LogP contribution in [0.15, 0.2) is 64.6 Å². The fraction of sp³-hybridized carbons (Fsp3) is 0.111. The van der Waals surface area contributed by atoms with Crippen molar-refractivity contribution in [1.29, 1.82) is 0 Å². The van der Waals surface area contributed by atoms with Crippen molar-refractivity contribution in [2.24, 2.45) is 0 Å². The first-order valence-electron chi connectivity index (χ1n) is 7.52. The number of fused-ring (bicyclic) bond motifs is 1. The first kappa shape index (κ1) is 15.1. The molecule has 4 rings (SSSR count). The van der Waals surface area contributed by atoms with Gasteiger partial charge in [0.1, 0.15) is 5.76 Å². The van der Waals surface area contributed by atoms with E-state index >= 15 is 0 Å². The lowest BCUT2D eigenvalue weighted by atomic mass is 10.0. The summed E-state index contributed by atoms with van der Waals surface area (Å²) >= 11 is 3.06. The Balaban J connectivity index is 1.52. The van der Waals surface area contributed by atoms with Crippen molar-refractivity contribution < 1.29 is 9.21 Å². The van der Waals surface area contributed by atoms with Crippen LogP contribution in [0.5, 0.6) is 0 Å². The van der Waals surface area contributed by atoms with E-state index in [2.05, 4.69) is 16.4 Å². The van der Waals surface area contributed by atoms with Gasteiger partial charge < -0.3 is 9.73 Å². The highest BCUT2D eigenvalue weighted by atomic mass is 32.1. The number of aromatic nitrogens is 1. The number of hydrogen-bond acceptors (Lipinski definition) is 5. The maximum atomic E-state index is 12.5. The van der Waals surface area contributed by atoms with Crippen molar-refractivity contribution in [3.8, 4) is 0 Å². The molecule has 0 aliphatic carbocycles. The standard InChI is InChI=1S/C18H14N2O2S2/c21-17(18-20-13-5-1-2-7-16(13)24-18)19-11-12(14-6-3-9-22-14)15-8-4-10-23-15/h1-10,12H,11H2,(H,19,21). The lowest BCUT2D eigenvalue weighted by Crippen LogP contribution is -2.28. The van der Waals surface area contributed by atoms with E-state index in [-0.39, 0.29) is 11.8 Å². The SMILES string of the molecule is O=C(NCC(c1ccco1)c1cccs1)c1nc2ccccc2s1. The third-order valence-electron chi connectivity index (χ3n) is 3.73. The van der Waals surface area contributed by atoms with Gasteiger partial charge in [0.15, 0.2) is 5.01 Å². The quantitative estimate of drug-likeness (QED) is 0.573. The van der Waals surface area contributed by atoms with E-state index < -0.39 is 0 Å². The summed E-state index contributed by atoms with van der Waals surface area (Å²) in [5.41, 5.74) is 0.855. The molecule has 0 saturated carbocycles. The van der Waals surface area contributed by atoms with Crippen LogP contribution >= 0.6 is 22.7 Å². The van der Waals surface area contributed by atoms with E-state index in [1.807, 2.05) is 47.8 Å². The zero-order valence-corrected chi connectivity index (χ0v) is 14.3. The van der Waals surface area contributed by atoms with E-state index in [1.54, 1.807) is 17.6 Å². The van der Waals surface area contributed by atoms with Crippen molar-refractivity contribution in [3.63, 3.8) is 0 Å². The number of carbonyl (C=O) groups is 1. The van der Waals surface area contributed by atoms with Crippen molar-refractivity contribution in [2.45, 2.75) is 5.92 Å². The molecule has 1 N–H and O–H groups in total. The van der Waals surface area contributed by atoms with Crippen molar-refractivity contribution in [1.82, 2.24) is 10.3 Å². The Bertz CT molecular complexity index is 875. The number of nitrogens with zero attached hydrogens (tertiary/aromatic N) is 1. The van der Waals surface area contributed by atoms with E-state index in [9.17, 15) is 4.79 Å². The van der Waals surface area contributed by atoms with E-state index in [4.69, 9.17) is 4.42 Å². The minimum atomic E-state index is -0.149. The van der Waals surface area contributed by atoms with Crippen molar-refractivity contribution in [2.75, 3.05) is 6.54 Å². The number of thiophene rings is 1.